The predicted molar refractivity (Wildman–Crippen MR) is 84.5 cm³/mol. The van der Waals surface area contributed by atoms with Crippen molar-refractivity contribution in [3.63, 3.8) is 0 Å². The van der Waals surface area contributed by atoms with Crippen LogP contribution in [0, 0.1) is 0 Å². The van der Waals surface area contributed by atoms with Crippen LogP contribution in [-0.4, -0.2) is 49.6 Å². The van der Waals surface area contributed by atoms with Gasteiger partial charge < -0.3 is 15.0 Å². The summed E-state index contributed by atoms with van der Waals surface area (Å²) in [5.41, 5.74) is 2.26. The van der Waals surface area contributed by atoms with Crippen molar-refractivity contribution in [1.29, 1.82) is 0 Å². The van der Waals surface area contributed by atoms with Crippen LogP contribution in [0.3, 0.4) is 0 Å². The Kier molecular flexibility index (Phi) is 6.40. The highest BCUT2D eigenvalue weighted by atomic mass is 16.5. The molecule has 5 nitrogen and oxygen atoms in total. The van der Waals surface area contributed by atoms with Crippen LogP contribution in [0.5, 0.6) is 0 Å². The van der Waals surface area contributed by atoms with E-state index in [4.69, 9.17) is 4.74 Å². The fourth-order valence-electron chi connectivity index (χ4n) is 2.42. The lowest BCUT2D eigenvalue weighted by atomic mass is 10.1. The summed E-state index contributed by atoms with van der Waals surface area (Å²) < 4.78 is 5.21. The molecule has 1 aliphatic rings. The van der Waals surface area contributed by atoms with Gasteiger partial charge in [-0.2, -0.15) is 0 Å². The van der Waals surface area contributed by atoms with Crippen molar-refractivity contribution < 1.29 is 14.3 Å². The number of morpholine rings is 1. The highest BCUT2D eigenvalue weighted by molar-refractivity contribution is 5.80. The van der Waals surface area contributed by atoms with Crippen molar-refractivity contribution >= 4 is 11.8 Å². The van der Waals surface area contributed by atoms with Crippen LogP contribution in [0.1, 0.15) is 24.5 Å². The zero-order valence-corrected chi connectivity index (χ0v) is 13.1. The van der Waals surface area contributed by atoms with Crippen molar-refractivity contribution in [3.05, 3.63) is 35.4 Å². The normalized spacial score (nSPS) is 14.7. The van der Waals surface area contributed by atoms with Crippen molar-refractivity contribution in [2.24, 2.45) is 0 Å². The van der Waals surface area contributed by atoms with Crippen LogP contribution < -0.4 is 5.32 Å². The van der Waals surface area contributed by atoms with Crippen molar-refractivity contribution in [1.82, 2.24) is 10.2 Å². The number of carbonyl (C=O) groups is 2. The molecule has 0 unspecified atom stereocenters. The number of carbonyl (C=O) groups excluding carboxylic acids is 2. The van der Waals surface area contributed by atoms with E-state index in [1.165, 1.54) is 5.56 Å². The van der Waals surface area contributed by atoms with E-state index in [9.17, 15) is 9.59 Å². The maximum atomic E-state index is 11.9. The van der Waals surface area contributed by atoms with Gasteiger partial charge in [0, 0.05) is 26.1 Å². The van der Waals surface area contributed by atoms with E-state index in [2.05, 4.69) is 12.2 Å². The van der Waals surface area contributed by atoms with Gasteiger partial charge in [0.05, 0.1) is 19.6 Å². The first kappa shape index (κ1) is 16.5. The summed E-state index contributed by atoms with van der Waals surface area (Å²) in [7, 11) is 0. The summed E-state index contributed by atoms with van der Waals surface area (Å²) in [6, 6.07) is 8.06. The van der Waals surface area contributed by atoms with Crippen molar-refractivity contribution in [3.8, 4) is 0 Å². The number of rotatable bonds is 6. The summed E-state index contributed by atoms with van der Waals surface area (Å²) in [5, 5.41) is 2.81. The van der Waals surface area contributed by atoms with Gasteiger partial charge in [-0.15, -0.1) is 0 Å². The zero-order valence-electron chi connectivity index (χ0n) is 13.1. The lowest BCUT2D eigenvalue weighted by Crippen LogP contribution is -2.42. The third kappa shape index (κ3) is 5.15. The molecule has 1 saturated heterocycles. The Balaban J connectivity index is 1.67. The molecule has 1 heterocycles. The Hall–Kier alpha value is -1.88. The monoisotopic (exact) mass is 304 g/mol. The van der Waals surface area contributed by atoms with E-state index >= 15 is 0 Å². The van der Waals surface area contributed by atoms with Crippen molar-refractivity contribution in [2.75, 3.05) is 32.8 Å². The molecule has 1 fully saturated rings. The lowest BCUT2D eigenvalue weighted by Gasteiger charge is -2.26. The first-order valence-electron chi connectivity index (χ1n) is 7.89. The summed E-state index contributed by atoms with van der Waals surface area (Å²) in [5.74, 6) is 0.0370. The number of amides is 2. The number of hydrogen-bond donors (Lipinski definition) is 1. The Bertz CT molecular complexity index is 493. The quantitative estimate of drug-likeness (QED) is 0.858. The predicted octanol–water partition coefficient (Wildman–Crippen LogP) is 1.16. The van der Waals surface area contributed by atoms with Crippen LogP contribution in [0.4, 0.5) is 0 Å². The maximum Gasteiger partial charge on any atom is 0.224 e. The summed E-state index contributed by atoms with van der Waals surface area (Å²) in [4.78, 5) is 25.6. The van der Waals surface area contributed by atoms with Gasteiger partial charge >= 0.3 is 0 Å². The molecule has 1 aliphatic heterocycles. The smallest absolute Gasteiger partial charge is 0.224 e. The third-order valence-electron chi connectivity index (χ3n) is 3.82. The molecule has 1 N–H and O–H groups in total. The Morgan fingerprint density at radius 2 is 1.77 bits per heavy atom. The molecule has 0 radical (unpaired) electrons. The first-order chi connectivity index (χ1) is 10.7. The van der Waals surface area contributed by atoms with E-state index in [1.54, 1.807) is 4.90 Å². The minimum Gasteiger partial charge on any atom is -0.378 e. The Morgan fingerprint density at radius 3 is 2.41 bits per heavy atom. The SMILES string of the molecule is CCc1ccc(CC(=O)NCCC(=O)N2CCOCC2)cc1. The molecule has 2 rings (SSSR count). The van der Waals surface area contributed by atoms with Gasteiger partial charge in [-0.25, -0.2) is 0 Å². The topological polar surface area (TPSA) is 58.6 Å². The average Bonchev–Trinajstić information content (AvgIpc) is 2.56. The fraction of sp³-hybridized carbons (Fsp3) is 0.529. The van der Waals surface area contributed by atoms with Gasteiger partial charge in [-0.1, -0.05) is 31.2 Å². The van der Waals surface area contributed by atoms with Crippen LogP contribution >= 0.6 is 0 Å². The van der Waals surface area contributed by atoms with Gasteiger partial charge in [0.1, 0.15) is 0 Å². The molecular formula is C17H24N2O3. The second-order valence-electron chi connectivity index (χ2n) is 5.44. The largest absolute Gasteiger partial charge is 0.378 e. The second kappa shape index (κ2) is 8.54. The molecule has 5 heteroatoms. The minimum atomic E-state index is -0.0426. The molecule has 2 amide bonds. The van der Waals surface area contributed by atoms with Crippen LogP contribution in [0.15, 0.2) is 24.3 Å². The number of nitrogens with zero attached hydrogens (tertiary/aromatic N) is 1. The van der Waals surface area contributed by atoms with Crippen LogP contribution in [0.25, 0.3) is 0 Å². The summed E-state index contributed by atoms with van der Waals surface area (Å²) in [6.45, 7) is 5.00. The molecule has 22 heavy (non-hydrogen) atoms. The molecular weight excluding hydrogens is 280 g/mol. The van der Waals surface area contributed by atoms with E-state index in [0.717, 1.165) is 12.0 Å². The molecule has 0 aromatic heterocycles. The lowest BCUT2D eigenvalue weighted by molar-refractivity contribution is -0.135. The number of hydrogen-bond acceptors (Lipinski definition) is 3. The average molecular weight is 304 g/mol. The fourth-order valence-corrected chi connectivity index (χ4v) is 2.42. The Morgan fingerprint density at radius 1 is 1.14 bits per heavy atom. The van der Waals surface area contributed by atoms with Gasteiger partial charge in [0.15, 0.2) is 0 Å². The van der Waals surface area contributed by atoms with E-state index < -0.39 is 0 Å². The highest BCUT2D eigenvalue weighted by Crippen LogP contribution is 2.06. The molecule has 1 aromatic rings. The maximum absolute atomic E-state index is 11.9. The second-order valence-corrected chi connectivity index (χ2v) is 5.44. The molecule has 0 atom stereocenters. The first-order valence-corrected chi connectivity index (χ1v) is 7.89. The van der Waals surface area contributed by atoms with E-state index in [-0.39, 0.29) is 11.8 Å². The Labute approximate surface area is 131 Å². The minimum absolute atomic E-state index is 0.0426. The summed E-state index contributed by atoms with van der Waals surface area (Å²) in [6.07, 6.45) is 1.70. The third-order valence-corrected chi connectivity index (χ3v) is 3.82. The summed E-state index contributed by atoms with van der Waals surface area (Å²) >= 11 is 0. The van der Waals surface area contributed by atoms with Gasteiger partial charge in [0.2, 0.25) is 11.8 Å². The van der Waals surface area contributed by atoms with Crippen LogP contribution in [-0.2, 0) is 27.2 Å². The van der Waals surface area contributed by atoms with Crippen molar-refractivity contribution in [2.45, 2.75) is 26.2 Å². The molecule has 0 spiro atoms. The van der Waals surface area contributed by atoms with Gasteiger partial charge in [0.25, 0.3) is 0 Å². The number of ether oxygens (including phenoxy) is 1. The molecule has 1 aromatic carbocycles. The molecule has 0 bridgehead atoms. The number of aryl methyl sites for hydroxylation is 1. The zero-order chi connectivity index (χ0) is 15.8. The number of nitrogens with one attached hydrogen (secondary N) is 1. The highest BCUT2D eigenvalue weighted by Gasteiger charge is 2.16. The van der Waals surface area contributed by atoms with E-state index in [0.29, 0.717) is 45.7 Å². The molecule has 120 valence electrons. The van der Waals surface area contributed by atoms with E-state index in [1.807, 2.05) is 24.3 Å². The standard InChI is InChI=1S/C17H24N2O3/c1-2-14-3-5-15(6-4-14)13-16(20)18-8-7-17(21)19-9-11-22-12-10-19/h3-6H,2,7-13H2,1H3,(H,18,20). The van der Waals surface area contributed by atoms with Gasteiger partial charge in [-0.3, -0.25) is 9.59 Å². The molecule has 0 aliphatic carbocycles. The molecule has 0 saturated carbocycles. The number of benzene rings is 1. The van der Waals surface area contributed by atoms with Gasteiger partial charge in [-0.05, 0) is 17.5 Å². The van der Waals surface area contributed by atoms with Crippen LogP contribution in [0.2, 0.25) is 0 Å².